The molecule has 0 radical (unpaired) electrons. The van der Waals surface area contributed by atoms with Crippen molar-refractivity contribution in [1.29, 1.82) is 0 Å². The van der Waals surface area contributed by atoms with Crippen LogP contribution in [-0.4, -0.2) is 13.4 Å². The van der Waals surface area contributed by atoms with Crippen molar-refractivity contribution in [1.82, 2.24) is 0 Å². The molecule has 0 unspecified atom stereocenters. The predicted molar refractivity (Wildman–Crippen MR) is 56.3 cm³/mol. The van der Waals surface area contributed by atoms with E-state index in [1.54, 1.807) is 6.07 Å². The Morgan fingerprint density at radius 1 is 1.29 bits per heavy atom. The van der Waals surface area contributed by atoms with Crippen LogP contribution in [-0.2, 0) is 6.61 Å². The number of rotatable bonds is 3. The highest BCUT2D eigenvalue weighted by atomic mass is 28.4. The fourth-order valence-corrected chi connectivity index (χ4v) is 1.95. The molecule has 0 fully saturated rings. The predicted octanol–water partition coefficient (Wildman–Crippen LogP) is 2.53. The molecule has 0 amide bonds. The van der Waals surface area contributed by atoms with Crippen LogP contribution in [0.5, 0.6) is 5.75 Å². The molecule has 0 bridgehead atoms. The van der Waals surface area contributed by atoms with Crippen LogP contribution in [0, 0.1) is 5.82 Å². The topological polar surface area (TPSA) is 29.5 Å². The summed E-state index contributed by atoms with van der Waals surface area (Å²) in [6.07, 6.45) is 0. The van der Waals surface area contributed by atoms with Crippen LogP contribution >= 0.6 is 0 Å². The molecular formula is C10H15FO2Si. The van der Waals surface area contributed by atoms with Gasteiger partial charge in [-0.15, -0.1) is 0 Å². The lowest BCUT2D eigenvalue weighted by Crippen LogP contribution is -2.29. The summed E-state index contributed by atoms with van der Waals surface area (Å²) < 4.78 is 18.6. The van der Waals surface area contributed by atoms with Crippen LogP contribution in [0.15, 0.2) is 18.2 Å². The van der Waals surface area contributed by atoms with Gasteiger partial charge in [0.15, 0.2) is 0 Å². The number of hydrogen-bond donors (Lipinski definition) is 1. The SMILES string of the molecule is C[Si](C)(C)Oc1cc(F)cc(CO)c1. The maximum atomic E-state index is 13.0. The maximum Gasteiger partial charge on any atom is 0.242 e. The monoisotopic (exact) mass is 214 g/mol. The Balaban J connectivity index is 2.92. The highest BCUT2D eigenvalue weighted by molar-refractivity contribution is 6.70. The van der Waals surface area contributed by atoms with Crippen molar-refractivity contribution < 1.29 is 13.9 Å². The Labute approximate surface area is 84.5 Å². The lowest BCUT2D eigenvalue weighted by atomic mass is 10.2. The van der Waals surface area contributed by atoms with Gasteiger partial charge in [-0.1, -0.05) is 0 Å². The minimum absolute atomic E-state index is 0.167. The highest BCUT2D eigenvalue weighted by Crippen LogP contribution is 2.19. The van der Waals surface area contributed by atoms with Gasteiger partial charge in [0.1, 0.15) is 11.6 Å². The van der Waals surface area contributed by atoms with E-state index in [1.807, 2.05) is 19.6 Å². The number of benzene rings is 1. The van der Waals surface area contributed by atoms with Gasteiger partial charge in [0.2, 0.25) is 8.32 Å². The average Bonchev–Trinajstić information content (AvgIpc) is 1.99. The number of halogens is 1. The van der Waals surface area contributed by atoms with E-state index in [4.69, 9.17) is 9.53 Å². The molecule has 0 heterocycles. The van der Waals surface area contributed by atoms with Crippen LogP contribution in [0.25, 0.3) is 0 Å². The first-order valence-electron chi connectivity index (χ1n) is 4.50. The zero-order valence-electron chi connectivity index (χ0n) is 8.67. The Morgan fingerprint density at radius 3 is 2.43 bits per heavy atom. The Morgan fingerprint density at radius 2 is 1.93 bits per heavy atom. The summed E-state index contributed by atoms with van der Waals surface area (Å²) in [6.45, 7) is 5.91. The largest absolute Gasteiger partial charge is 0.544 e. The Hall–Kier alpha value is -0.873. The van der Waals surface area contributed by atoms with Crippen molar-refractivity contribution in [2.45, 2.75) is 26.2 Å². The van der Waals surface area contributed by atoms with Crippen molar-refractivity contribution in [3.63, 3.8) is 0 Å². The van der Waals surface area contributed by atoms with E-state index < -0.39 is 8.32 Å². The molecule has 0 aliphatic carbocycles. The molecule has 0 aliphatic heterocycles. The highest BCUT2D eigenvalue weighted by Gasteiger charge is 2.16. The second kappa shape index (κ2) is 4.10. The molecule has 0 aliphatic rings. The molecule has 4 heteroatoms. The fourth-order valence-electron chi connectivity index (χ4n) is 1.12. The van der Waals surface area contributed by atoms with E-state index >= 15 is 0 Å². The van der Waals surface area contributed by atoms with E-state index in [0.29, 0.717) is 11.3 Å². The number of aliphatic hydroxyl groups is 1. The zero-order valence-corrected chi connectivity index (χ0v) is 9.67. The smallest absolute Gasteiger partial charge is 0.242 e. The maximum absolute atomic E-state index is 13.0. The van der Waals surface area contributed by atoms with Gasteiger partial charge >= 0.3 is 0 Å². The second-order valence-corrected chi connectivity index (χ2v) is 8.60. The summed E-state index contributed by atoms with van der Waals surface area (Å²) in [5, 5.41) is 8.87. The van der Waals surface area contributed by atoms with Crippen molar-refractivity contribution in [2.75, 3.05) is 0 Å². The van der Waals surface area contributed by atoms with Crippen molar-refractivity contribution in [3.05, 3.63) is 29.6 Å². The minimum atomic E-state index is -1.70. The van der Waals surface area contributed by atoms with Crippen LogP contribution in [0.4, 0.5) is 4.39 Å². The molecule has 1 aromatic rings. The third-order valence-electron chi connectivity index (χ3n) is 1.54. The minimum Gasteiger partial charge on any atom is -0.544 e. The average molecular weight is 214 g/mol. The van der Waals surface area contributed by atoms with Gasteiger partial charge in [-0.25, -0.2) is 4.39 Å². The molecule has 1 N–H and O–H groups in total. The summed E-state index contributed by atoms with van der Waals surface area (Å²) in [5.74, 6) is 0.137. The molecule has 78 valence electrons. The first-order chi connectivity index (χ1) is 6.40. The fraction of sp³-hybridized carbons (Fsp3) is 0.400. The molecule has 14 heavy (non-hydrogen) atoms. The first-order valence-corrected chi connectivity index (χ1v) is 7.91. The van der Waals surface area contributed by atoms with Gasteiger partial charge in [-0.2, -0.15) is 0 Å². The molecule has 0 atom stereocenters. The quantitative estimate of drug-likeness (QED) is 0.783. The molecule has 0 spiro atoms. The Bertz CT molecular complexity index is 320. The molecule has 1 aromatic carbocycles. The molecule has 1 rings (SSSR count). The van der Waals surface area contributed by atoms with Gasteiger partial charge in [0, 0.05) is 6.07 Å². The van der Waals surface area contributed by atoms with Gasteiger partial charge in [-0.3, -0.25) is 0 Å². The van der Waals surface area contributed by atoms with Crippen molar-refractivity contribution in [3.8, 4) is 5.75 Å². The normalized spacial score (nSPS) is 11.5. The molecular weight excluding hydrogens is 199 g/mol. The third-order valence-corrected chi connectivity index (χ3v) is 2.39. The van der Waals surface area contributed by atoms with Gasteiger partial charge in [0.25, 0.3) is 0 Å². The summed E-state index contributed by atoms with van der Waals surface area (Å²) in [4.78, 5) is 0. The summed E-state index contributed by atoms with van der Waals surface area (Å²) in [6, 6.07) is 4.32. The van der Waals surface area contributed by atoms with Crippen LogP contribution in [0.2, 0.25) is 19.6 Å². The third kappa shape index (κ3) is 3.47. The molecule has 0 saturated heterocycles. The second-order valence-electron chi connectivity index (χ2n) is 4.17. The van der Waals surface area contributed by atoms with Crippen LogP contribution in [0.1, 0.15) is 5.56 Å². The van der Waals surface area contributed by atoms with Gasteiger partial charge < -0.3 is 9.53 Å². The molecule has 0 aromatic heterocycles. The zero-order chi connectivity index (χ0) is 10.8. The summed E-state index contributed by atoms with van der Waals surface area (Å²) in [7, 11) is -1.70. The lowest BCUT2D eigenvalue weighted by Gasteiger charge is -2.19. The number of aliphatic hydroxyl groups excluding tert-OH is 1. The van der Waals surface area contributed by atoms with Gasteiger partial charge in [-0.05, 0) is 37.3 Å². The van der Waals surface area contributed by atoms with E-state index in [2.05, 4.69) is 0 Å². The van der Waals surface area contributed by atoms with Crippen LogP contribution < -0.4 is 4.43 Å². The standard InChI is InChI=1S/C10H15FO2Si/c1-14(2,3)13-10-5-8(7-12)4-9(11)6-10/h4-6,12H,7H2,1-3H3. The number of hydrogen-bond acceptors (Lipinski definition) is 2. The Kier molecular flexibility index (Phi) is 3.28. The summed E-state index contributed by atoms with van der Waals surface area (Å²) >= 11 is 0. The van der Waals surface area contributed by atoms with Crippen LogP contribution in [0.3, 0.4) is 0 Å². The van der Waals surface area contributed by atoms with E-state index in [0.717, 1.165) is 0 Å². The lowest BCUT2D eigenvalue weighted by molar-refractivity contribution is 0.280. The molecule has 0 saturated carbocycles. The van der Waals surface area contributed by atoms with Crippen molar-refractivity contribution in [2.24, 2.45) is 0 Å². The summed E-state index contributed by atoms with van der Waals surface area (Å²) in [5.41, 5.74) is 0.540. The van der Waals surface area contributed by atoms with Crippen molar-refractivity contribution >= 4 is 8.32 Å². The van der Waals surface area contributed by atoms with E-state index in [1.165, 1.54) is 12.1 Å². The van der Waals surface area contributed by atoms with E-state index in [9.17, 15) is 4.39 Å². The molecule has 2 nitrogen and oxygen atoms in total. The van der Waals surface area contributed by atoms with E-state index in [-0.39, 0.29) is 12.4 Å². The van der Waals surface area contributed by atoms with Gasteiger partial charge in [0.05, 0.1) is 6.61 Å². The first kappa shape index (κ1) is 11.2.